The molecule has 0 bridgehead atoms. The Hall–Kier alpha value is -0.370. The van der Waals surface area contributed by atoms with Crippen LogP contribution in [0.2, 0.25) is 0 Å². The summed E-state index contributed by atoms with van der Waals surface area (Å²) in [6.07, 6.45) is 15.6. The first-order valence-corrected chi connectivity index (χ1v) is 8.50. The van der Waals surface area contributed by atoms with Crippen LogP contribution < -0.4 is 0 Å². The third kappa shape index (κ3) is 4.05. The van der Waals surface area contributed by atoms with E-state index < -0.39 is 0 Å². The van der Waals surface area contributed by atoms with Gasteiger partial charge in [-0.2, -0.15) is 0 Å². The lowest BCUT2D eigenvalue weighted by Crippen LogP contribution is -2.45. The van der Waals surface area contributed by atoms with E-state index in [1.165, 1.54) is 64.1 Å². The van der Waals surface area contributed by atoms with Crippen molar-refractivity contribution in [3.8, 4) is 0 Å². The lowest BCUT2D eigenvalue weighted by Gasteiger charge is -2.39. The van der Waals surface area contributed by atoms with Gasteiger partial charge >= 0.3 is 0 Å². The molecule has 2 aliphatic carbocycles. The molecule has 0 aromatic carbocycles. The van der Waals surface area contributed by atoms with Crippen LogP contribution in [0.15, 0.2) is 0 Å². The third-order valence-electron chi connectivity index (χ3n) is 5.36. The van der Waals surface area contributed by atoms with Gasteiger partial charge in [0.2, 0.25) is 0 Å². The zero-order valence-electron chi connectivity index (χ0n) is 12.7. The number of hydrogen-bond acceptors (Lipinski definition) is 2. The predicted molar refractivity (Wildman–Crippen MR) is 80.3 cm³/mol. The molecule has 2 nitrogen and oxygen atoms in total. The predicted octanol–water partition coefficient (Wildman–Crippen LogP) is 4.18. The van der Waals surface area contributed by atoms with E-state index in [1.54, 1.807) is 0 Å². The zero-order valence-corrected chi connectivity index (χ0v) is 12.7. The molecular formula is C17H31NO. The second-order valence-electron chi connectivity index (χ2n) is 6.75. The highest BCUT2D eigenvalue weighted by molar-refractivity contribution is 5.59. The number of hydrogen-bond donors (Lipinski definition) is 0. The Bertz CT molecular complexity index is 262. The Kier molecular flexibility index (Phi) is 5.87. The van der Waals surface area contributed by atoms with Crippen LogP contribution in [-0.2, 0) is 4.79 Å². The van der Waals surface area contributed by atoms with Crippen LogP contribution >= 0.6 is 0 Å². The van der Waals surface area contributed by atoms with Gasteiger partial charge in [0.25, 0.3) is 0 Å². The first-order chi connectivity index (χ1) is 9.29. The molecule has 2 saturated carbocycles. The summed E-state index contributed by atoms with van der Waals surface area (Å²) < 4.78 is 0. The summed E-state index contributed by atoms with van der Waals surface area (Å²) in [6, 6.07) is 0.749. The van der Waals surface area contributed by atoms with Crippen molar-refractivity contribution in [3.63, 3.8) is 0 Å². The fourth-order valence-electron chi connectivity index (χ4n) is 4.10. The van der Waals surface area contributed by atoms with Gasteiger partial charge in [-0.15, -0.1) is 0 Å². The van der Waals surface area contributed by atoms with E-state index >= 15 is 0 Å². The summed E-state index contributed by atoms with van der Waals surface area (Å²) in [5.41, 5.74) is -0.0239. The minimum atomic E-state index is -0.0239. The number of nitrogens with zero attached hydrogens (tertiary/aromatic N) is 1. The molecule has 0 radical (unpaired) electrons. The van der Waals surface area contributed by atoms with Gasteiger partial charge in [-0.3, -0.25) is 4.90 Å². The quantitative estimate of drug-likeness (QED) is 0.549. The monoisotopic (exact) mass is 265 g/mol. The average Bonchev–Trinajstić information content (AvgIpc) is 2.72. The largest absolute Gasteiger partial charge is 0.303 e. The van der Waals surface area contributed by atoms with Crippen LogP contribution in [-0.4, -0.2) is 30.3 Å². The lowest BCUT2D eigenvalue weighted by atomic mass is 9.80. The summed E-state index contributed by atoms with van der Waals surface area (Å²) in [6.45, 7) is 4.40. The van der Waals surface area contributed by atoms with Crippen molar-refractivity contribution >= 4 is 6.29 Å². The van der Waals surface area contributed by atoms with Crippen molar-refractivity contribution in [1.82, 2.24) is 4.90 Å². The van der Waals surface area contributed by atoms with E-state index in [9.17, 15) is 4.79 Å². The molecule has 0 heterocycles. The molecule has 0 aromatic heterocycles. The Morgan fingerprint density at radius 3 is 2.11 bits per heavy atom. The van der Waals surface area contributed by atoms with Crippen molar-refractivity contribution in [3.05, 3.63) is 0 Å². The van der Waals surface area contributed by atoms with Gasteiger partial charge in [0.15, 0.2) is 0 Å². The topological polar surface area (TPSA) is 20.3 Å². The van der Waals surface area contributed by atoms with Crippen LogP contribution in [0.25, 0.3) is 0 Å². The van der Waals surface area contributed by atoms with Crippen molar-refractivity contribution in [2.45, 2.75) is 83.6 Å². The Morgan fingerprint density at radius 2 is 1.58 bits per heavy atom. The lowest BCUT2D eigenvalue weighted by molar-refractivity contribution is -0.118. The Balaban J connectivity index is 1.99. The van der Waals surface area contributed by atoms with Crippen molar-refractivity contribution in [2.75, 3.05) is 13.1 Å². The van der Waals surface area contributed by atoms with E-state index in [4.69, 9.17) is 0 Å². The number of carbonyl (C=O) groups excluding carboxylic acids is 1. The Morgan fingerprint density at radius 1 is 1.00 bits per heavy atom. The van der Waals surface area contributed by atoms with Crippen molar-refractivity contribution in [2.24, 2.45) is 5.41 Å². The molecule has 0 aliphatic heterocycles. The standard InChI is InChI=1S/C17H31NO/c1-2-18(16-10-6-5-7-11-16)14-17(15-19)12-8-3-4-9-13-17/h15-16H,2-14H2,1H3. The van der Waals surface area contributed by atoms with Gasteiger partial charge in [-0.25, -0.2) is 0 Å². The Labute approximate surface area is 118 Å². The fraction of sp³-hybridized carbons (Fsp3) is 0.941. The molecule has 0 saturated heterocycles. The molecule has 0 aromatic rings. The summed E-state index contributed by atoms with van der Waals surface area (Å²) in [5, 5.41) is 0. The maximum Gasteiger partial charge on any atom is 0.127 e. The summed E-state index contributed by atoms with van der Waals surface area (Å²) >= 11 is 0. The molecule has 0 N–H and O–H groups in total. The molecular weight excluding hydrogens is 234 g/mol. The maximum atomic E-state index is 11.7. The number of carbonyl (C=O) groups is 1. The van der Waals surface area contributed by atoms with E-state index in [0.717, 1.165) is 32.0 Å². The molecule has 2 fully saturated rings. The van der Waals surface area contributed by atoms with Gasteiger partial charge in [0.1, 0.15) is 6.29 Å². The molecule has 0 unspecified atom stereocenters. The van der Waals surface area contributed by atoms with Gasteiger partial charge < -0.3 is 4.79 Å². The summed E-state index contributed by atoms with van der Waals surface area (Å²) in [7, 11) is 0. The van der Waals surface area contributed by atoms with Gasteiger partial charge in [0.05, 0.1) is 0 Å². The van der Waals surface area contributed by atoms with Crippen molar-refractivity contribution < 1.29 is 4.79 Å². The summed E-state index contributed by atoms with van der Waals surface area (Å²) in [5.74, 6) is 0. The molecule has 2 heteroatoms. The highest BCUT2D eigenvalue weighted by atomic mass is 16.1. The third-order valence-corrected chi connectivity index (χ3v) is 5.36. The maximum absolute atomic E-state index is 11.7. The average molecular weight is 265 g/mol. The highest BCUT2D eigenvalue weighted by Gasteiger charge is 2.34. The SMILES string of the molecule is CCN(CC1(C=O)CCCCCC1)C1CCCCC1. The highest BCUT2D eigenvalue weighted by Crippen LogP contribution is 2.35. The summed E-state index contributed by atoms with van der Waals surface area (Å²) in [4.78, 5) is 14.4. The minimum Gasteiger partial charge on any atom is -0.303 e. The normalized spacial score (nSPS) is 25.2. The second kappa shape index (κ2) is 7.42. The van der Waals surface area contributed by atoms with Crippen LogP contribution in [0.3, 0.4) is 0 Å². The molecule has 110 valence electrons. The molecule has 0 atom stereocenters. The van der Waals surface area contributed by atoms with E-state index in [-0.39, 0.29) is 5.41 Å². The van der Waals surface area contributed by atoms with E-state index in [2.05, 4.69) is 11.8 Å². The van der Waals surface area contributed by atoms with Crippen LogP contribution in [0.5, 0.6) is 0 Å². The zero-order chi connectivity index (χ0) is 13.6. The first kappa shape index (κ1) is 15.0. The molecule has 0 spiro atoms. The molecule has 0 amide bonds. The van der Waals surface area contributed by atoms with Gasteiger partial charge in [-0.1, -0.05) is 51.9 Å². The second-order valence-corrected chi connectivity index (χ2v) is 6.75. The smallest absolute Gasteiger partial charge is 0.127 e. The van der Waals surface area contributed by atoms with Gasteiger partial charge in [-0.05, 0) is 32.2 Å². The van der Waals surface area contributed by atoms with Crippen LogP contribution in [0.1, 0.15) is 77.6 Å². The van der Waals surface area contributed by atoms with E-state index in [1.807, 2.05) is 0 Å². The van der Waals surface area contributed by atoms with Crippen LogP contribution in [0.4, 0.5) is 0 Å². The van der Waals surface area contributed by atoms with Crippen LogP contribution in [0, 0.1) is 5.41 Å². The fourth-order valence-corrected chi connectivity index (χ4v) is 4.10. The molecule has 2 aliphatic rings. The number of aldehydes is 1. The van der Waals surface area contributed by atoms with Gasteiger partial charge in [0, 0.05) is 18.0 Å². The number of rotatable bonds is 5. The minimum absolute atomic E-state index is 0.0239. The first-order valence-electron chi connectivity index (χ1n) is 8.50. The van der Waals surface area contributed by atoms with E-state index in [0.29, 0.717) is 0 Å². The molecule has 2 rings (SSSR count). The molecule has 19 heavy (non-hydrogen) atoms. The van der Waals surface area contributed by atoms with Crippen molar-refractivity contribution in [1.29, 1.82) is 0 Å².